The Morgan fingerprint density at radius 3 is 2.67 bits per heavy atom. The Hall–Kier alpha value is -1.25. The van der Waals surface area contributed by atoms with Crippen LogP contribution in [0.2, 0.25) is 10.0 Å². The molecule has 18 heavy (non-hydrogen) atoms. The first kappa shape index (κ1) is 13.2. The highest BCUT2D eigenvalue weighted by atomic mass is 35.5. The quantitative estimate of drug-likeness (QED) is 0.831. The first-order valence-corrected chi connectivity index (χ1v) is 6.26. The van der Waals surface area contributed by atoms with E-state index in [0.717, 1.165) is 11.3 Å². The van der Waals surface area contributed by atoms with Crippen molar-refractivity contribution in [1.82, 2.24) is 0 Å². The molecule has 2 aromatic carbocycles. The molecule has 0 fully saturated rings. The standard InChI is InChI=1S/C14H12Cl2FN/c1-9-3-2-4-12(16)14(9)18-8-10-7-11(15)5-6-13(10)17/h2-7,18H,8H2,1H3. The second-order valence-electron chi connectivity index (χ2n) is 4.02. The first-order valence-electron chi connectivity index (χ1n) is 5.51. The van der Waals surface area contributed by atoms with Crippen molar-refractivity contribution in [2.45, 2.75) is 13.5 Å². The van der Waals surface area contributed by atoms with Gasteiger partial charge in [-0.1, -0.05) is 35.3 Å². The Balaban J connectivity index is 2.19. The number of rotatable bonds is 3. The summed E-state index contributed by atoms with van der Waals surface area (Å²) in [4.78, 5) is 0. The van der Waals surface area contributed by atoms with Crippen molar-refractivity contribution >= 4 is 28.9 Å². The summed E-state index contributed by atoms with van der Waals surface area (Å²) >= 11 is 11.9. The fourth-order valence-electron chi connectivity index (χ4n) is 1.72. The van der Waals surface area contributed by atoms with Crippen molar-refractivity contribution in [3.63, 3.8) is 0 Å². The van der Waals surface area contributed by atoms with Crippen molar-refractivity contribution < 1.29 is 4.39 Å². The molecule has 0 atom stereocenters. The third-order valence-corrected chi connectivity index (χ3v) is 3.24. The van der Waals surface area contributed by atoms with Gasteiger partial charge < -0.3 is 5.32 Å². The number of hydrogen-bond donors (Lipinski definition) is 1. The number of halogens is 3. The van der Waals surface area contributed by atoms with E-state index in [1.54, 1.807) is 12.1 Å². The van der Waals surface area contributed by atoms with E-state index in [1.807, 2.05) is 19.1 Å². The molecule has 0 spiro atoms. The lowest BCUT2D eigenvalue weighted by Crippen LogP contribution is -2.03. The van der Waals surface area contributed by atoms with Crippen LogP contribution in [-0.2, 0) is 6.54 Å². The van der Waals surface area contributed by atoms with E-state index < -0.39 is 0 Å². The minimum Gasteiger partial charge on any atom is -0.379 e. The van der Waals surface area contributed by atoms with Crippen LogP contribution < -0.4 is 5.32 Å². The zero-order valence-electron chi connectivity index (χ0n) is 9.81. The van der Waals surface area contributed by atoms with Gasteiger partial charge in [-0.25, -0.2) is 4.39 Å². The van der Waals surface area contributed by atoms with E-state index in [1.165, 1.54) is 12.1 Å². The molecule has 1 N–H and O–H groups in total. The number of benzene rings is 2. The molecule has 1 nitrogen and oxygen atoms in total. The van der Waals surface area contributed by atoms with Gasteiger partial charge in [0, 0.05) is 17.1 Å². The molecule has 4 heteroatoms. The summed E-state index contributed by atoms with van der Waals surface area (Å²) in [6.07, 6.45) is 0. The van der Waals surface area contributed by atoms with E-state index >= 15 is 0 Å². The number of nitrogens with one attached hydrogen (secondary N) is 1. The zero-order valence-corrected chi connectivity index (χ0v) is 11.3. The summed E-state index contributed by atoms with van der Waals surface area (Å²) < 4.78 is 13.5. The van der Waals surface area contributed by atoms with Crippen molar-refractivity contribution in [3.8, 4) is 0 Å². The highest BCUT2D eigenvalue weighted by Gasteiger charge is 2.06. The molecular weight excluding hydrogens is 272 g/mol. The molecule has 2 rings (SSSR count). The fraction of sp³-hybridized carbons (Fsp3) is 0.143. The van der Waals surface area contributed by atoms with Crippen LogP contribution >= 0.6 is 23.2 Å². The Labute approximate surface area is 116 Å². The molecule has 0 unspecified atom stereocenters. The lowest BCUT2D eigenvalue weighted by atomic mass is 10.1. The fourth-order valence-corrected chi connectivity index (χ4v) is 2.20. The largest absolute Gasteiger partial charge is 0.379 e. The number of para-hydroxylation sites is 1. The summed E-state index contributed by atoms with van der Waals surface area (Å²) in [5.41, 5.74) is 2.35. The van der Waals surface area contributed by atoms with E-state index in [4.69, 9.17) is 23.2 Å². The molecule has 0 radical (unpaired) electrons. The molecule has 0 saturated heterocycles. The molecule has 0 aliphatic rings. The predicted molar refractivity (Wildman–Crippen MR) is 74.9 cm³/mol. The Morgan fingerprint density at radius 2 is 1.94 bits per heavy atom. The summed E-state index contributed by atoms with van der Waals surface area (Å²) in [6.45, 7) is 2.29. The molecule has 0 amide bonds. The summed E-state index contributed by atoms with van der Waals surface area (Å²) in [5.74, 6) is -0.281. The Morgan fingerprint density at radius 1 is 1.17 bits per heavy atom. The van der Waals surface area contributed by atoms with E-state index in [9.17, 15) is 4.39 Å². The van der Waals surface area contributed by atoms with Crippen molar-refractivity contribution in [2.75, 3.05) is 5.32 Å². The molecule has 0 aromatic heterocycles. The lowest BCUT2D eigenvalue weighted by molar-refractivity contribution is 0.613. The molecule has 2 aromatic rings. The highest BCUT2D eigenvalue weighted by molar-refractivity contribution is 6.33. The van der Waals surface area contributed by atoms with Gasteiger partial charge in [0.05, 0.1) is 10.7 Å². The lowest BCUT2D eigenvalue weighted by Gasteiger charge is -2.12. The van der Waals surface area contributed by atoms with Gasteiger partial charge in [0.15, 0.2) is 0 Å². The Kier molecular flexibility index (Phi) is 4.10. The summed E-state index contributed by atoms with van der Waals surface area (Å²) in [6, 6.07) is 10.1. The van der Waals surface area contributed by atoms with Gasteiger partial charge in [-0.3, -0.25) is 0 Å². The molecule has 0 aliphatic carbocycles. The minimum atomic E-state index is -0.281. The molecule has 0 bridgehead atoms. The number of anilines is 1. The second kappa shape index (κ2) is 5.59. The van der Waals surface area contributed by atoms with Gasteiger partial charge in [0.2, 0.25) is 0 Å². The molecular formula is C14H12Cl2FN. The molecule has 0 saturated carbocycles. The average molecular weight is 284 g/mol. The van der Waals surface area contributed by atoms with Crippen LogP contribution in [0.4, 0.5) is 10.1 Å². The summed E-state index contributed by atoms with van der Waals surface area (Å²) in [5, 5.41) is 4.28. The smallest absolute Gasteiger partial charge is 0.128 e. The highest BCUT2D eigenvalue weighted by Crippen LogP contribution is 2.26. The van der Waals surface area contributed by atoms with E-state index in [0.29, 0.717) is 22.2 Å². The molecule has 0 aliphatic heterocycles. The first-order chi connectivity index (χ1) is 8.58. The van der Waals surface area contributed by atoms with Crippen LogP contribution in [0.25, 0.3) is 0 Å². The molecule has 0 heterocycles. The zero-order chi connectivity index (χ0) is 13.1. The van der Waals surface area contributed by atoms with Gasteiger partial charge in [0.25, 0.3) is 0 Å². The van der Waals surface area contributed by atoms with Gasteiger partial charge in [-0.15, -0.1) is 0 Å². The number of hydrogen-bond acceptors (Lipinski definition) is 1. The third kappa shape index (κ3) is 2.95. The van der Waals surface area contributed by atoms with Gasteiger partial charge in [-0.05, 0) is 36.8 Å². The van der Waals surface area contributed by atoms with Crippen molar-refractivity contribution in [1.29, 1.82) is 0 Å². The SMILES string of the molecule is Cc1cccc(Cl)c1NCc1cc(Cl)ccc1F. The van der Waals surface area contributed by atoms with Gasteiger partial charge >= 0.3 is 0 Å². The van der Waals surface area contributed by atoms with Crippen LogP contribution in [0.15, 0.2) is 36.4 Å². The maximum atomic E-state index is 13.5. The number of aryl methyl sites for hydroxylation is 1. The summed E-state index contributed by atoms with van der Waals surface area (Å²) in [7, 11) is 0. The van der Waals surface area contributed by atoms with Crippen LogP contribution in [0.3, 0.4) is 0 Å². The van der Waals surface area contributed by atoms with E-state index in [2.05, 4.69) is 5.32 Å². The van der Waals surface area contributed by atoms with Crippen molar-refractivity contribution in [3.05, 3.63) is 63.4 Å². The average Bonchev–Trinajstić information content (AvgIpc) is 2.33. The third-order valence-electron chi connectivity index (χ3n) is 2.69. The van der Waals surface area contributed by atoms with Crippen molar-refractivity contribution in [2.24, 2.45) is 0 Å². The van der Waals surface area contributed by atoms with Crippen LogP contribution in [0.5, 0.6) is 0 Å². The topological polar surface area (TPSA) is 12.0 Å². The minimum absolute atomic E-state index is 0.281. The van der Waals surface area contributed by atoms with Gasteiger partial charge in [-0.2, -0.15) is 0 Å². The Bertz CT molecular complexity index is 549. The van der Waals surface area contributed by atoms with Crippen LogP contribution in [-0.4, -0.2) is 0 Å². The van der Waals surface area contributed by atoms with Crippen LogP contribution in [0, 0.1) is 12.7 Å². The normalized spacial score (nSPS) is 10.4. The molecule has 94 valence electrons. The maximum absolute atomic E-state index is 13.5. The van der Waals surface area contributed by atoms with Gasteiger partial charge in [0.1, 0.15) is 5.82 Å². The predicted octanol–water partition coefficient (Wildman–Crippen LogP) is 5.05. The second-order valence-corrected chi connectivity index (χ2v) is 4.86. The monoisotopic (exact) mass is 283 g/mol. The van der Waals surface area contributed by atoms with Crippen LogP contribution in [0.1, 0.15) is 11.1 Å². The maximum Gasteiger partial charge on any atom is 0.128 e. The van der Waals surface area contributed by atoms with E-state index in [-0.39, 0.29) is 5.82 Å².